The molecule has 0 fully saturated rings. The lowest BCUT2D eigenvalue weighted by atomic mass is 10.0. The third-order valence-corrected chi connectivity index (χ3v) is 9.15. The van der Waals surface area contributed by atoms with E-state index in [1.165, 1.54) is 43.8 Å². The molecule has 0 aliphatic rings. The van der Waals surface area contributed by atoms with Crippen LogP contribution in [-0.4, -0.2) is 9.13 Å². The van der Waals surface area contributed by atoms with Crippen molar-refractivity contribution in [3.05, 3.63) is 182 Å². The summed E-state index contributed by atoms with van der Waals surface area (Å²) in [4.78, 5) is 0. The molecule has 4 bridgehead atoms. The molecule has 2 heteroatoms. The fourth-order valence-corrected chi connectivity index (χ4v) is 6.88. The summed E-state index contributed by atoms with van der Waals surface area (Å²) in [6, 6.07) is 66.0. The number of aromatic nitrogens is 2. The Labute approximate surface area is 267 Å². The number of hydrogen-bond acceptors (Lipinski definition) is 0. The lowest BCUT2D eigenvalue weighted by molar-refractivity contribution is 1.15. The summed E-state index contributed by atoms with van der Waals surface area (Å²) in [6.45, 7) is 0. The van der Waals surface area contributed by atoms with E-state index in [0.717, 1.165) is 33.4 Å². The second-order valence-corrected chi connectivity index (χ2v) is 11.9. The molecule has 0 spiro atoms. The SMILES string of the molecule is c1ccc(-c2ccc(-n3c4ccc5cccc(c5c4)n(-c4ccc(-c5ccccc5)cc4)c4ccc5cccc3c5c4)cc2)cc1. The molecule has 0 aliphatic heterocycles. The van der Waals surface area contributed by atoms with Crippen molar-refractivity contribution in [2.24, 2.45) is 0 Å². The van der Waals surface area contributed by atoms with Crippen LogP contribution in [-0.2, 0) is 0 Å². The molecule has 0 N–H and O–H groups in total. The minimum atomic E-state index is 1.13. The lowest BCUT2D eigenvalue weighted by Crippen LogP contribution is -2.01. The monoisotopic (exact) mass is 586 g/mol. The Morgan fingerprint density at radius 3 is 1.09 bits per heavy atom. The van der Waals surface area contributed by atoms with E-state index in [2.05, 4.69) is 191 Å². The topological polar surface area (TPSA) is 9.86 Å². The van der Waals surface area contributed by atoms with Gasteiger partial charge in [-0.05, 0) is 93.7 Å². The summed E-state index contributed by atoms with van der Waals surface area (Å²) in [7, 11) is 0. The summed E-state index contributed by atoms with van der Waals surface area (Å²) >= 11 is 0. The highest BCUT2D eigenvalue weighted by atomic mass is 15.0. The maximum absolute atomic E-state index is 2.40. The fraction of sp³-hybridized carbons (Fsp3) is 0. The number of benzene rings is 8. The van der Waals surface area contributed by atoms with E-state index < -0.39 is 0 Å². The average Bonchev–Trinajstić information content (AvgIpc) is 3.13. The van der Waals surface area contributed by atoms with Crippen molar-refractivity contribution in [2.75, 3.05) is 0 Å². The van der Waals surface area contributed by atoms with Crippen molar-refractivity contribution < 1.29 is 0 Å². The first kappa shape index (κ1) is 26.3. The Balaban J connectivity index is 1.35. The molecule has 0 saturated carbocycles. The third kappa shape index (κ3) is 4.43. The van der Waals surface area contributed by atoms with Crippen LogP contribution >= 0.6 is 0 Å². The highest BCUT2D eigenvalue weighted by Crippen LogP contribution is 2.33. The van der Waals surface area contributed by atoms with Crippen molar-refractivity contribution in [3.63, 3.8) is 0 Å². The highest BCUT2D eigenvalue weighted by molar-refractivity contribution is 6.04. The molecule has 0 saturated heterocycles. The summed E-state index contributed by atoms with van der Waals surface area (Å²) in [6.07, 6.45) is 0. The Hall–Kier alpha value is -6.12. The van der Waals surface area contributed by atoms with Gasteiger partial charge in [0.15, 0.2) is 0 Å². The van der Waals surface area contributed by atoms with Crippen LogP contribution in [0.3, 0.4) is 0 Å². The van der Waals surface area contributed by atoms with Crippen molar-refractivity contribution in [3.8, 4) is 33.6 Å². The zero-order chi connectivity index (χ0) is 30.5. The standard InChI is InChI=1S/C44H30N2/c1-3-9-31(10-4-1)33-17-23-37(24-18-33)45-39-27-21-36-14-8-16-44(42(36)29-39)46(40-28-22-35-13-7-15-43(45)41(35)30-40)38-25-19-34(20-26-38)32-11-5-2-6-12-32/h1-30H. The quantitative estimate of drug-likeness (QED) is 0.194. The Bertz CT molecular complexity index is 2350. The van der Waals surface area contributed by atoms with Crippen LogP contribution in [0.5, 0.6) is 0 Å². The molecule has 46 heavy (non-hydrogen) atoms. The van der Waals surface area contributed by atoms with Crippen molar-refractivity contribution in [2.45, 2.75) is 0 Å². The first-order valence-electron chi connectivity index (χ1n) is 15.8. The van der Waals surface area contributed by atoms with Crippen LogP contribution in [0.1, 0.15) is 0 Å². The van der Waals surface area contributed by atoms with Crippen LogP contribution in [0, 0.1) is 0 Å². The zero-order valence-electron chi connectivity index (χ0n) is 25.2. The molecule has 9 rings (SSSR count). The molecule has 8 aromatic carbocycles. The molecule has 1 aromatic heterocycles. The Kier molecular flexibility index (Phi) is 6.17. The van der Waals surface area contributed by atoms with Gasteiger partial charge in [-0.1, -0.05) is 121 Å². The van der Waals surface area contributed by atoms with Crippen molar-refractivity contribution in [1.29, 1.82) is 0 Å². The normalized spacial score (nSPS) is 11.5. The second kappa shape index (κ2) is 10.8. The van der Waals surface area contributed by atoms with Crippen molar-refractivity contribution in [1.82, 2.24) is 9.13 Å². The Morgan fingerprint density at radius 1 is 0.283 bits per heavy atom. The van der Waals surface area contributed by atoms with Crippen molar-refractivity contribution >= 4 is 43.6 Å². The first-order valence-corrected chi connectivity index (χ1v) is 15.8. The Morgan fingerprint density at radius 2 is 0.674 bits per heavy atom. The van der Waals surface area contributed by atoms with E-state index in [1.54, 1.807) is 0 Å². The van der Waals surface area contributed by atoms with E-state index >= 15 is 0 Å². The smallest absolute Gasteiger partial charge is 0.0540 e. The molecule has 0 amide bonds. The van der Waals surface area contributed by atoms with Gasteiger partial charge in [-0.3, -0.25) is 0 Å². The first-order chi connectivity index (χ1) is 22.8. The van der Waals surface area contributed by atoms with Crippen LogP contribution in [0.15, 0.2) is 182 Å². The molecule has 9 aromatic rings. The number of nitrogens with zero attached hydrogens (tertiary/aromatic N) is 2. The molecule has 0 atom stereocenters. The lowest BCUT2D eigenvalue weighted by Gasteiger charge is -2.18. The minimum absolute atomic E-state index is 1.13. The minimum Gasteiger partial charge on any atom is -0.310 e. The van der Waals surface area contributed by atoms with Gasteiger partial charge in [-0.25, -0.2) is 0 Å². The van der Waals surface area contributed by atoms with Gasteiger partial charge in [-0.15, -0.1) is 0 Å². The zero-order valence-corrected chi connectivity index (χ0v) is 25.2. The van der Waals surface area contributed by atoms with Gasteiger partial charge >= 0.3 is 0 Å². The number of rotatable bonds is 4. The summed E-state index contributed by atoms with van der Waals surface area (Å²) in [5.41, 5.74) is 11.7. The van der Waals surface area contributed by atoms with E-state index in [1.807, 2.05) is 0 Å². The van der Waals surface area contributed by atoms with Gasteiger partial charge in [0.05, 0.1) is 11.0 Å². The largest absolute Gasteiger partial charge is 0.310 e. The third-order valence-electron chi connectivity index (χ3n) is 9.15. The molecule has 0 radical (unpaired) electrons. The number of hydrogen-bond donors (Lipinski definition) is 0. The van der Waals surface area contributed by atoms with Crippen LogP contribution < -0.4 is 0 Å². The number of fused-ring (bicyclic) bond motifs is 2. The fourth-order valence-electron chi connectivity index (χ4n) is 6.88. The van der Waals surface area contributed by atoms with Gasteiger partial charge < -0.3 is 9.13 Å². The predicted molar refractivity (Wildman–Crippen MR) is 195 cm³/mol. The highest BCUT2D eigenvalue weighted by Gasteiger charge is 2.12. The molecule has 0 aliphatic carbocycles. The summed E-state index contributed by atoms with van der Waals surface area (Å²) in [5, 5.41) is 4.83. The van der Waals surface area contributed by atoms with E-state index in [4.69, 9.17) is 0 Å². The van der Waals surface area contributed by atoms with E-state index in [-0.39, 0.29) is 0 Å². The predicted octanol–water partition coefficient (Wildman–Crippen LogP) is 11.8. The summed E-state index contributed by atoms with van der Waals surface area (Å²) in [5.74, 6) is 0. The molecule has 0 unspecified atom stereocenters. The van der Waals surface area contributed by atoms with Crippen LogP contribution in [0.25, 0.3) is 77.2 Å². The molecule has 2 nitrogen and oxygen atoms in total. The molecule has 1 heterocycles. The van der Waals surface area contributed by atoms with Gasteiger partial charge in [0.25, 0.3) is 0 Å². The van der Waals surface area contributed by atoms with Gasteiger partial charge in [0, 0.05) is 33.2 Å². The average molecular weight is 587 g/mol. The summed E-state index contributed by atoms with van der Waals surface area (Å²) < 4.78 is 4.81. The van der Waals surface area contributed by atoms with Gasteiger partial charge in [0.2, 0.25) is 0 Å². The molecule has 216 valence electrons. The van der Waals surface area contributed by atoms with E-state index in [9.17, 15) is 0 Å². The molecular formula is C44H30N2. The maximum atomic E-state index is 2.40. The van der Waals surface area contributed by atoms with Crippen LogP contribution in [0.4, 0.5) is 0 Å². The molecular weight excluding hydrogens is 556 g/mol. The van der Waals surface area contributed by atoms with E-state index in [0.29, 0.717) is 0 Å². The van der Waals surface area contributed by atoms with Crippen LogP contribution in [0.2, 0.25) is 0 Å². The van der Waals surface area contributed by atoms with Gasteiger partial charge in [0.1, 0.15) is 0 Å². The second-order valence-electron chi connectivity index (χ2n) is 11.9. The maximum Gasteiger partial charge on any atom is 0.0540 e. The van der Waals surface area contributed by atoms with Gasteiger partial charge in [-0.2, -0.15) is 0 Å².